The molecule has 4 rings (SSSR count). The molecule has 0 saturated carbocycles. The molecule has 4 aromatic carbocycles. The van der Waals surface area contributed by atoms with Crippen molar-refractivity contribution in [2.45, 2.75) is 24.8 Å². The zero-order valence-electron chi connectivity index (χ0n) is 21.3. The number of benzene rings is 4. The molecule has 0 fully saturated rings. The van der Waals surface area contributed by atoms with Crippen LogP contribution in [0.2, 0.25) is 0 Å². The minimum atomic E-state index is -4.01. The van der Waals surface area contributed by atoms with E-state index < -0.39 is 22.0 Å². The van der Waals surface area contributed by atoms with Crippen molar-refractivity contribution in [3.05, 3.63) is 127 Å². The first-order chi connectivity index (χ1) is 18.3. The minimum absolute atomic E-state index is 0.0553. The highest BCUT2D eigenvalue weighted by Gasteiger charge is 2.22. The Bertz CT molecular complexity index is 1540. The van der Waals surface area contributed by atoms with Crippen molar-refractivity contribution in [3.8, 4) is 28.0 Å². The summed E-state index contributed by atoms with van der Waals surface area (Å²) >= 11 is 0. The van der Waals surface area contributed by atoms with E-state index in [9.17, 15) is 12.8 Å². The molecule has 0 bridgehead atoms. The lowest BCUT2D eigenvalue weighted by Crippen LogP contribution is -2.23. The van der Waals surface area contributed by atoms with Gasteiger partial charge in [-0.25, -0.2) is 4.39 Å². The number of aryl methyl sites for hydroxylation is 1. The van der Waals surface area contributed by atoms with Crippen LogP contribution in [0, 0.1) is 12.7 Å². The van der Waals surface area contributed by atoms with Crippen molar-refractivity contribution in [2.75, 3.05) is 6.61 Å². The third-order valence-corrected chi connectivity index (χ3v) is 7.26. The van der Waals surface area contributed by atoms with E-state index in [1.165, 1.54) is 30.3 Å². The van der Waals surface area contributed by atoms with Gasteiger partial charge in [-0.05, 0) is 60.9 Å². The van der Waals surface area contributed by atoms with Crippen molar-refractivity contribution < 1.29 is 21.7 Å². The lowest BCUT2D eigenvalue weighted by atomic mass is 9.92. The van der Waals surface area contributed by atoms with E-state index in [2.05, 4.69) is 6.58 Å². The maximum absolute atomic E-state index is 14.9. The van der Waals surface area contributed by atoms with E-state index in [1.807, 2.05) is 68.4 Å². The summed E-state index contributed by atoms with van der Waals surface area (Å²) in [7, 11) is -4.01. The highest BCUT2D eigenvalue weighted by atomic mass is 32.2. The van der Waals surface area contributed by atoms with Gasteiger partial charge in [0.2, 0.25) is 0 Å². The van der Waals surface area contributed by atoms with E-state index >= 15 is 0 Å². The third-order valence-electron chi connectivity index (χ3n) is 5.96. The van der Waals surface area contributed by atoms with E-state index in [-0.39, 0.29) is 11.5 Å². The number of allylic oxidation sites excluding steroid dienone is 1. The molecule has 0 aromatic heterocycles. The lowest BCUT2D eigenvalue weighted by molar-refractivity contribution is 0.168. The van der Waals surface area contributed by atoms with Gasteiger partial charge in [0, 0.05) is 11.1 Å². The van der Waals surface area contributed by atoms with Crippen LogP contribution in [-0.2, 0) is 14.3 Å². The molecular weight excluding hydrogens is 499 g/mol. The average Bonchev–Trinajstić information content (AvgIpc) is 2.92. The van der Waals surface area contributed by atoms with Crippen molar-refractivity contribution in [2.24, 2.45) is 0 Å². The second kappa shape index (κ2) is 12.0. The number of halogens is 1. The van der Waals surface area contributed by atoms with Gasteiger partial charge in [0.25, 0.3) is 10.1 Å². The largest absolute Gasteiger partial charge is 0.483 e. The van der Waals surface area contributed by atoms with Crippen LogP contribution < -0.4 is 4.74 Å². The first-order valence-corrected chi connectivity index (χ1v) is 13.6. The van der Waals surface area contributed by atoms with Gasteiger partial charge in [0.15, 0.2) is 0 Å². The molecule has 38 heavy (non-hydrogen) atoms. The summed E-state index contributed by atoms with van der Waals surface area (Å²) in [6, 6.07) is 26.7. The zero-order valence-corrected chi connectivity index (χ0v) is 22.1. The second-order valence-electron chi connectivity index (χ2n) is 8.73. The maximum atomic E-state index is 14.9. The Morgan fingerprint density at radius 2 is 1.55 bits per heavy atom. The summed E-state index contributed by atoms with van der Waals surface area (Å²) in [4.78, 5) is 0.0553. The average molecular weight is 529 g/mol. The van der Waals surface area contributed by atoms with Gasteiger partial charge < -0.3 is 4.74 Å². The fourth-order valence-corrected chi connectivity index (χ4v) is 4.99. The molecule has 0 aliphatic heterocycles. The van der Waals surface area contributed by atoms with Crippen molar-refractivity contribution in [1.82, 2.24) is 0 Å². The van der Waals surface area contributed by atoms with E-state index in [1.54, 1.807) is 24.3 Å². The van der Waals surface area contributed by atoms with Crippen LogP contribution in [0.5, 0.6) is 5.75 Å². The van der Waals surface area contributed by atoms with E-state index in [4.69, 9.17) is 8.92 Å². The molecule has 0 aliphatic carbocycles. The van der Waals surface area contributed by atoms with Crippen LogP contribution in [0.1, 0.15) is 18.1 Å². The highest BCUT2D eigenvalue weighted by Crippen LogP contribution is 2.41. The SMILES string of the molecule is C=C[C@H](COS(=O)(=O)c1ccc(C)cc1)Oc1c(C=CC)cc(F)cc1-c1ccccc1-c1ccccc1. The topological polar surface area (TPSA) is 52.6 Å². The van der Waals surface area contributed by atoms with Gasteiger partial charge in [0.1, 0.15) is 24.3 Å². The predicted molar refractivity (Wildman–Crippen MR) is 151 cm³/mol. The maximum Gasteiger partial charge on any atom is 0.297 e. The smallest absolute Gasteiger partial charge is 0.297 e. The van der Waals surface area contributed by atoms with Crippen LogP contribution in [0.25, 0.3) is 28.3 Å². The quantitative estimate of drug-likeness (QED) is 0.155. The molecular formula is C32H29FO4S. The summed E-state index contributed by atoms with van der Waals surface area (Å²) in [5.74, 6) is -0.0224. The second-order valence-corrected chi connectivity index (χ2v) is 10.3. The summed E-state index contributed by atoms with van der Waals surface area (Å²) in [5, 5.41) is 0. The summed E-state index contributed by atoms with van der Waals surface area (Å²) in [6.45, 7) is 7.21. The third kappa shape index (κ3) is 6.28. The normalized spacial score (nSPS) is 12.4. The number of rotatable bonds is 10. The molecule has 4 nitrogen and oxygen atoms in total. The first-order valence-electron chi connectivity index (χ1n) is 12.2. The van der Waals surface area contributed by atoms with Gasteiger partial charge in [0.05, 0.1) is 4.90 Å². The van der Waals surface area contributed by atoms with Gasteiger partial charge in [-0.3, -0.25) is 4.18 Å². The molecule has 0 spiro atoms. The number of hydrogen-bond donors (Lipinski definition) is 0. The Kier molecular flexibility index (Phi) is 8.56. The molecule has 4 aromatic rings. The molecule has 0 saturated heterocycles. The summed E-state index contributed by atoms with van der Waals surface area (Å²) < 4.78 is 52.0. The van der Waals surface area contributed by atoms with Crippen LogP contribution in [-0.4, -0.2) is 21.1 Å². The molecule has 0 N–H and O–H groups in total. The number of ether oxygens (including phenoxy) is 1. The number of hydrogen-bond acceptors (Lipinski definition) is 4. The molecule has 0 amide bonds. The summed E-state index contributed by atoms with van der Waals surface area (Å²) in [6.07, 6.45) is 4.18. The molecule has 0 heterocycles. The molecule has 1 atom stereocenters. The fraction of sp³-hybridized carbons (Fsp3) is 0.125. The van der Waals surface area contributed by atoms with E-state index in [0.29, 0.717) is 16.9 Å². The fourth-order valence-electron chi connectivity index (χ4n) is 4.07. The van der Waals surface area contributed by atoms with Gasteiger partial charge in [-0.1, -0.05) is 91.0 Å². The Balaban J connectivity index is 1.72. The van der Waals surface area contributed by atoms with Crippen LogP contribution in [0.4, 0.5) is 4.39 Å². The summed E-state index contributed by atoms with van der Waals surface area (Å²) in [5.41, 5.74) is 4.63. The van der Waals surface area contributed by atoms with Crippen LogP contribution in [0.15, 0.2) is 115 Å². The van der Waals surface area contributed by atoms with Crippen molar-refractivity contribution in [3.63, 3.8) is 0 Å². The predicted octanol–water partition coefficient (Wildman–Crippen LogP) is 7.84. The Labute approximate surface area is 223 Å². The standard InChI is InChI=1S/C32H29FO4S/c1-4-11-25-20-26(33)21-31(30-15-10-9-14-29(30)24-12-7-6-8-13-24)32(25)37-27(5-2)22-36-38(34,35)28-18-16-23(3)17-19-28/h4-21,27H,2,22H2,1,3H3/t27-/m1/s1. The van der Waals surface area contributed by atoms with Crippen LogP contribution in [0.3, 0.4) is 0 Å². The molecule has 0 radical (unpaired) electrons. The molecule has 6 heteroatoms. The molecule has 0 aliphatic rings. The van der Waals surface area contributed by atoms with Gasteiger partial charge in [-0.15, -0.1) is 0 Å². The highest BCUT2D eigenvalue weighted by molar-refractivity contribution is 7.86. The van der Waals surface area contributed by atoms with Crippen LogP contribution >= 0.6 is 0 Å². The molecule has 194 valence electrons. The van der Waals surface area contributed by atoms with Crippen molar-refractivity contribution >= 4 is 16.2 Å². The minimum Gasteiger partial charge on any atom is -0.483 e. The first kappa shape index (κ1) is 27.0. The zero-order chi connectivity index (χ0) is 27.1. The monoisotopic (exact) mass is 528 g/mol. The van der Waals surface area contributed by atoms with Gasteiger partial charge >= 0.3 is 0 Å². The van der Waals surface area contributed by atoms with Crippen molar-refractivity contribution in [1.29, 1.82) is 0 Å². The Morgan fingerprint density at radius 3 is 2.21 bits per heavy atom. The molecule has 0 unspecified atom stereocenters. The Morgan fingerprint density at radius 1 is 0.895 bits per heavy atom. The van der Waals surface area contributed by atoms with Gasteiger partial charge in [-0.2, -0.15) is 8.42 Å². The Hall–Kier alpha value is -4.00. The van der Waals surface area contributed by atoms with E-state index in [0.717, 1.165) is 22.3 Å². The lowest BCUT2D eigenvalue weighted by Gasteiger charge is -2.22.